The number of rotatable bonds is 1. The van der Waals surface area contributed by atoms with Crippen molar-refractivity contribution < 1.29 is 14.0 Å². The van der Waals surface area contributed by atoms with Crippen molar-refractivity contribution in [3.05, 3.63) is 29.0 Å². The Morgan fingerprint density at radius 2 is 2.18 bits per heavy atom. The molecule has 1 heterocycles. The van der Waals surface area contributed by atoms with Crippen molar-refractivity contribution >= 4 is 29.1 Å². The van der Waals surface area contributed by atoms with Crippen molar-refractivity contribution in [2.45, 2.75) is 13.0 Å². The fourth-order valence-corrected chi connectivity index (χ4v) is 2.02. The van der Waals surface area contributed by atoms with Gasteiger partial charge in [0.1, 0.15) is 11.9 Å². The lowest BCUT2D eigenvalue weighted by molar-refractivity contribution is -0.130. The normalized spacial score (nSPS) is 20.4. The van der Waals surface area contributed by atoms with E-state index >= 15 is 0 Å². The van der Waals surface area contributed by atoms with Crippen LogP contribution in [0.1, 0.15) is 6.92 Å². The van der Waals surface area contributed by atoms with Gasteiger partial charge in [-0.1, -0.05) is 17.7 Å². The monoisotopic (exact) mass is 256 g/mol. The first-order valence-electron chi connectivity index (χ1n) is 5.06. The van der Waals surface area contributed by atoms with Crippen LogP contribution in [0.5, 0.6) is 0 Å². The molecule has 0 spiro atoms. The second-order valence-electron chi connectivity index (χ2n) is 3.73. The minimum absolute atomic E-state index is 0.0403. The first kappa shape index (κ1) is 11.9. The van der Waals surface area contributed by atoms with Crippen LogP contribution in [-0.4, -0.2) is 24.4 Å². The van der Waals surface area contributed by atoms with Crippen LogP contribution in [0.15, 0.2) is 18.2 Å². The highest BCUT2D eigenvalue weighted by Crippen LogP contribution is 2.31. The summed E-state index contributed by atoms with van der Waals surface area (Å²) in [6.07, 6.45) is 0. The molecule has 1 unspecified atom stereocenters. The van der Waals surface area contributed by atoms with Crippen LogP contribution in [0.2, 0.25) is 5.02 Å². The molecule has 2 amide bonds. The summed E-state index contributed by atoms with van der Waals surface area (Å²) in [7, 11) is 0. The number of carbonyl (C=O) groups excluding carboxylic acids is 2. The molecule has 0 bridgehead atoms. The predicted molar refractivity (Wildman–Crippen MR) is 61.4 cm³/mol. The van der Waals surface area contributed by atoms with Crippen molar-refractivity contribution in [2.75, 3.05) is 11.4 Å². The zero-order valence-electron chi connectivity index (χ0n) is 9.04. The van der Waals surface area contributed by atoms with E-state index in [1.165, 1.54) is 25.1 Å². The zero-order chi connectivity index (χ0) is 12.6. The number of anilines is 1. The molecule has 1 aromatic rings. The quantitative estimate of drug-likeness (QED) is 0.824. The molecule has 0 aromatic heterocycles. The number of halogens is 2. The maximum Gasteiger partial charge on any atom is 0.247 e. The van der Waals surface area contributed by atoms with Crippen LogP contribution >= 0.6 is 11.6 Å². The number of amides is 2. The van der Waals surface area contributed by atoms with Gasteiger partial charge in [0.25, 0.3) is 0 Å². The third kappa shape index (κ3) is 1.98. The number of piperazine rings is 1. The van der Waals surface area contributed by atoms with Gasteiger partial charge in [0.15, 0.2) is 0 Å². The lowest BCUT2D eigenvalue weighted by Gasteiger charge is -2.33. The standard InChI is InChI=1S/C11H10ClFN2O2/c1-6-11(17)14-5-9(16)15(6)10-7(12)3-2-4-8(10)13/h2-4,6H,5H2,1H3,(H,14,17). The van der Waals surface area contributed by atoms with E-state index in [-0.39, 0.29) is 29.1 Å². The fourth-order valence-electron chi connectivity index (χ4n) is 1.77. The summed E-state index contributed by atoms with van der Waals surface area (Å²) in [5, 5.41) is 2.54. The van der Waals surface area contributed by atoms with Crippen molar-refractivity contribution in [2.24, 2.45) is 0 Å². The van der Waals surface area contributed by atoms with Gasteiger partial charge < -0.3 is 5.32 Å². The minimum atomic E-state index is -0.773. The maximum absolute atomic E-state index is 13.7. The zero-order valence-corrected chi connectivity index (χ0v) is 9.79. The molecule has 2 rings (SSSR count). The van der Waals surface area contributed by atoms with Crippen molar-refractivity contribution in [1.29, 1.82) is 0 Å². The summed E-state index contributed by atoms with van der Waals surface area (Å²) < 4.78 is 13.7. The molecule has 1 aliphatic heterocycles. The second kappa shape index (κ2) is 4.33. The van der Waals surface area contributed by atoms with Crippen LogP contribution < -0.4 is 10.2 Å². The highest BCUT2D eigenvalue weighted by Gasteiger charge is 2.34. The molecule has 17 heavy (non-hydrogen) atoms. The van der Waals surface area contributed by atoms with Gasteiger partial charge in [-0.15, -0.1) is 0 Å². The van der Waals surface area contributed by atoms with Crippen molar-refractivity contribution in [3.8, 4) is 0 Å². The number of nitrogens with zero attached hydrogens (tertiary/aromatic N) is 1. The summed E-state index contributed by atoms with van der Waals surface area (Å²) in [6.45, 7) is 1.38. The topological polar surface area (TPSA) is 49.4 Å². The number of hydrogen-bond donors (Lipinski definition) is 1. The number of hydrogen-bond acceptors (Lipinski definition) is 2. The minimum Gasteiger partial charge on any atom is -0.345 e. The SMILES string of the molecule is CC1C(=O)NCC(=O)N1c1c(F)cccc1Cl. The van der Waals surface area contributed by atoms with Gasteiger partial charge >= 0.3 is 0 Å². The Labute approximate surface area is 102 Å². The predicted octanol–water partition coefficient (Wildman–Crippen LogP) is 1.33. The van der Waals surface area contributed by atoms with Crippen LogP contribution in [0.4, 0.5) is 10.1 Å². The van der Waals surface area contributed by atoms with Gasteiger partial charge in [-0.3, -0.25) is 14.5 Å². The third-order valence-electron chi connectivity index (χ3n) is 2.63. The van der Waals surface area contributed by atoms with Crippen LogP contribution in [0.3, 0.4) is 0 Å². The molecule has 90 valence electrons. The number of carbonyl (C=O) groups is 2. The molecule has 0 radical (unpaired) electrons. The molecule has 0 saturated carbocycles. The van der Waals surface area contributed by atoms with Gasteiger partial charge in [-0.25, -0.2) is 4.39 Å². The van der Waals surface area contributed by atoms with E-state index in [1.54, 1.807) is 0 Å². The first-order valence-corrected chi connectivity index (χ1v) is 5.44. The molecular weight excluding hydrogens is 247 g/mol. The Morgan fingerprint density at radius 3 is 2.82 bits per heavy atom. The van der Waals surface area contributed by atoms with Gasteiger partial charge in [0, 0.05) is 0 Å². The van der Waals surface area contributed by atoms with E-state index in [4.69, 9.17) is 11.6 Å². The summed E-state index contributed by atoms with van der Waals surface area (Å²) in [5.41, 5.74) is -0.0403. The van der Waals surface area contributed by atoms with Gasteiger partial charge in [0.2, 0.25) is 11.8 Å². The molecule has 1 atom stereocenters. The molecule has 1 saturated heterocycles. The van der Waals surface area contributed by atoms with Crippen molar-refractivity contribution in [3.63, 3.8) is 0 Å². The molecule has 1 aliphatic rings. The Kier molecular flexibility index (Phi) is 3.02. The number of para-hydroxylation sites is 1. The highest BCUT2D eigenvalue weighted by molar-refractivity contribution is 6.34. The van der Waals surface area contributed by atoms with Crippen LogP contribution in [0, 0.1) is 5.82 Å². The molecular formula is C11H10ClFN2O2. The summed E-state index contributed by atoms with van der Waals surface area (Å²) in [4.78, 5) is 24.3. The van der Waals surface area contributed by atoms with Crippen LogP contribution in [0.25, 0.3) is 0 Å². The Hall–Kier alpha value is -1.62. The molecule has 4 nitrogen and oxygen atoms in total. The van der Waals surface area contributed by atoms with E-state index in [2.05, 4.69) is 5.32 Å². The maximum atomic E-state index is 13.7. The summed E-state index contributed by atoms with van der Waals surface area (Å²) >= 11 is 5.88. The van der Waals surface area contributed by atoms with Crippen molar-refractivity contribution in [1.82, 2.24) is 5.32 Å². The molecule has 0 aliphatic carbocycles. The van der Waals surface area contributed by atoms with Gasteiger partial charge in [-0.05, 0) is 19.1 Å². The Bertz CT molecular complexity index is 472. The molecule has 1 aromatic carbocycles. The second-order valence-corrected chi connectivity index (χ2v) is 4.13. The molecule has 6 heteroatoms. The molecule has 1 fully saturated rings. The third-order valence-corrected chi connectivity index (χ3v) is 2.93. The first-order chi connectivity index (χ1) is 8.02. The summed E-state index contributed by atoms with van der Waals surface area (Å²) in [5.74, 6) is -1.33. The van der Waals surface area contributed by atoms with E-state index < -0.39 is 11.9 Å². The van der Waals surface area contributed by atoms with E-state index in [0.29, 0.717) is 0 Å². The summed E-state index contributed by atoms with van der Waals surface area (Å²) in [6, 6.07) is 3.35. The largest absolute Gasteiger partial charge is 0.345 e. The highest BCUT2D eigenvalue weighted by atomic mass is 35.5. The number of nitrogens with one attached hydrogen (secondary N) is 1. The molecule has 1 N–H and O–H groups in total. The van der Waals surface area contributed by atoms with Gasteiger partial charge in [-0.2, -0.15) is 0 Å². The Balaban J connectivity index is 2.50. The fraction of sp³-hybridized carbons (Fsp3) is 0.273. The number of benzene rings is 1. The lowest BCUT2D eigenvalue weighted by atomic mass is 10.1. The average Bonchev–Trinajstić information content (AvgIpc) is 2.28. The smallest absolute Gasteiger partial charge is 0.247 e. The van der Waals surface area contributed by atoms with Crippen LogP contribution in [-0.2, 0) is 9.59 Å². The average molecular weight is 257 g/mol. The van der Waals surface area contributed by atoms with E-state index in [1.807, 2.05) is 0 Å². The Morgan fingerprint density at radius 1 is 1.47 bits per heavy atom. The lowest BCUT2D eigenvalue weighted by Crippen LogP contribution is -2.57. The van der Waals surface area contributed by atoms with E-state index in [0.717, 1.165) is 4.90 Å². The van der Waals surface area contributed by atoms with Gasteiger partial charge in [0.05, 0.1) is 17.3 Å². The van der Waals surface area contributed by atoms with E-state index in [9.17, 15) is 14.0 Å².